The summed E-state index contributed by atoms with van der Waals surface area (Å²) in [5.41, 5.74) is 28.1. The third kappa shape index (κ3) is 8.10. The fraction of sp³-hybridized carbons (Fsp3) is 0.0204. The average molecular weight is 1330 g/mol. The summed E-state index contributed by atoms with van der Waals surface area (Å²) in [6, 6.07) is 131. The first-order valence-electron chi connectivity index (χ1n) is 35.6. The Morgan fingerprint density at radius 1 is 0.231 bits per heavy atom. The van der Waals surface area contributed by atoms with Crippen molar-refractivity contribution in [1.82, 2.24) is 0 Å². The van der Waals surface area contributed by atoms with E-state index < -0.39 is 10.8 Å². The lowest BCUT2D eigenvalue weighted by Gasteiger charge is -2.41. The molecule has 2 spiro atoms. The van der Waals surface area contributed by atoms with Crippen LogP contribution in [0, 0.1) is 0 Å². The van der Waals surface area contributed by atoms with Crippen LogP contribution in [0.15, 0.2) is 373 Å². The fourth-order valence-electron chi connectivity index (χ4n) is 18.2. The van der Waals surface area contributed by atoms with E-state index in [9.17, 15) is 0 Å². The highest BCUT2D eigenvalue weighted by atomic mass is 16.5. The minimum Gasteiger partial charge on any atom is -0.457 e. The summed E-state index contributed by atoms with van der Waals surface area (Å²) in [5, 5.41) is 4.06. The highest BCUT2D eigenvalue weighted by Gasteiger charge is 2.54. The first-order valence-corrected chi connectivity index (χ1v) is 35.6. The van der Waals surface area contributed by atoms with Gasteiger partial charge in [-0.15, -0.1) is 0 Å². The van der Waals surface area contributed by atoms with Crippen LogP contribution >= 0.6 is 0 Å². The second-order valence-electron chi connectivity index (χ2n) is 27.6. The largest absolute Gasteiger partial charge is 0.457 e. The van der Waals surface area contributed by atoms with E-state index in [-0.39, 0.29) is 0 Å². The van der Waals surface area contributed by atoms with Crippen LogP contribution in [0.5, 0.6) is 23.0 Å². The summed E-state index contributed by atoms with van der Waals surface area (Å²) in [4.78, 5) is 4.80. The molecule has 0 atom stereocenters. The molecule has 0 unspecified atom stereocenters. The van der Waals surface area contributed by atoms with E-state index in [0.29, 0.717) is 0 Å². The Balaban J connectivity index is 0.708. The van der Waals surface area contributed by atoms with Gasteiger partial charge in [0, 0.05) is 60.9 Å². The van der Waals surface area contributed by atoms with Crippen LogP contribution in [-0.4, -0.2) is 0 Å². The Kier molecular flexibility index (Phi) is 12.5. The Bertz CT molecular complexity index is 6500. The molecule has 2 aliphatic heterocycles. The number of nitrogens with zero attached hydrogens (tertiary/aromatic N) is 2. The summed E-state index contributed by atoms with van der Waals surface area (Å²) >= 11 is 0. The number of anilines is 6. The predicted octanol–water partition coefficient (Wildman–Crippen LogP) is 26.4. The molecule has 0 fully saturated rings. The van der Waals surface area contributed by atoms with Gasteiger partial charge in [0.25, 0.3) is 0 Å². The number of fused-ring (bicyclic) bond motifs is 24. The smallest absolute Gasteiger partial charge is 0.160 e. The van der Waals surface area contributed by atoms with Crippen LogP contribution < -0.4 is 19.3 Å². The van der Waals surface area contributed by atoms with Crippen molar-refractivity contribution in [2.24, 2.45) is 0 Å². The Morgan fingerprint density at radius 2 is 0.692 bits per heavy atom. The summed E-state index contributed by atoms with van der Waals surface area (Å²) in [6.07, 6.45) is 0. The van der Waals surface area contributed by atoms with Crippen molar-refractivity contribution < 1.29 is 18.3 Å². The number of furan rings is 2. The predicted molar refractivity (Wildman–Crippen MR) is 421 cm³/mol. The van der Waals surface area contributed by atoms with E-state index in [1.165, 1.54) is 38.9 Å². The molecule has 2 aliphatic carbocycles. The number of benzene rings is 16. The van der Waals surface area contributed by atoms with Gasteiger partial charge in [0.1, 0.15) is 34.0 Å². The zero-order valence-electron chi connectivity index (χ0n) is 56.2. The van der Waals surface area contributed by atoms with Gasteiger partial charge in [-0.05, 0) is 164 Å². The molecule has 22 rings (SSSR count). The summed E-state index contributed by atoms with van der Waals surface area (Å²) in [5.74, 6) is 3.35. The molecule has 6 nitrogen and oxygen atoms in total. The number of rotatable bonds is 9. The molecule has 486 valence electrons. The van der Waals surface area contributed by atoms with E-state index in [1.54, 1.807) is 0 Å². The summed E-state index contributed by atoms with van der Waals surface area (Å²) in [7, 11) is 0. The van der Waals surface area contributed by atoms with Crippen molar-refractivity contribution in [2.75, 3.05) is 9.80 Å². The molecular weight excluding hydrogens is 1270 g/mol. The normalized spacial score (nSPS) is 13.5. The maximum absolute atomic E-state index is 7.43. The van der Waals surface area contributed by atoms with Gasteiger partial charge in [0.2, 0.25) is 0 Å². The second kappa shape index (κ2) is 22.4. The molecule has 16 aromatic carbocycles. The zero-order chi connectivity index (χ0) is 68.2. The molecule has 4 aliphatic rings. The number of hydrogen-bond donors (Lipinski definition) is 0. The molecule has 4 heterocycles. The monoisotopic (exact) mass is 1330 g/mol. The topological polar surface area (TPSA) is 51.2 Å². The molecule has 0 radical (unpaired) electrons. The molecule has 0 N–H and O–H groups in total. The quantitative estimate of drug-likeness (QED) is 0.144. The van der Waals surface area contributed by atoms with Crippen molar-refractivity contribution in [3.05, 3.63) is 408 Å². The molecular formula is C98H60N2O4. The summed E-state index contributed by atoms with van der Waals surface area (Å²) < 4.78 is 28.9. The van der Waals surface area contributed by atoms with Gasteiger partial charge in [0.15, 0.2) is 11.3 Å². The molecule has 0 bridgehead atoms. The number of para-hydroxylation sites is 7. The van der Waals surface area contributed by atoms with Crippen molar-refractivity contribution in [2.45, 2.75) is 10.8 Å². The average Bonchev–Trinajstić information content (AvgIpc) is 1.50. The van der Waals surface area contributed by atoms with E-state index >= 15 is 0 Å². The maximum atomic E-state index is 7.43. The highest BCUT2D eigenvalue weighted by Crippen LogP contribution is 2.67. The van der Waals surface area contributed by atoms with E-state index in [0.717, 1.165) is 162 Å². The Hall–Kier alpha value is -13.7. The van der Waals surface area contributed by atoms with E-state index in [4.69, 9.17) is 18.3 Å². The lowest BCUT2D eigenvalue weighted by molar-refractivity contribution is 0.436. The van der Waals surface area contributed by atoms with Gasteiger partial charge in [-0.1, -0.05) is 267 Å². The molecule has 6 heteroatoms. The maximum Gasteiger partial charge on any atom is 0.160 e. The first-order chi connectivity index (χ1) is 51.6. The van der Waals surface area contributed by atoms with Crippen LogP contribution in [0.25, 0.3) is 99.5 Å². The SMILES string of the molecule is c1ccc(-c2ccc(N(c3ccccc3)c3cccc4c3Oc3ccccc3C43c4ccccc4-c4ccccc43)c3c2oc2cc(-c4cccc(-c5ccc(N(c6ccccc6)c6cccc7c6-c6ccccc6C76c7ccccc7Oc7ccccc76)c6oc7ccccc7c56)c4)ccc23)cc1. The highest BCUT2D eigenvalue weighted by molar-refractivity contribution is 6.19. The van der Waals surface area contributed by atoms with E-state index in [2.05, 4.69) is 374 Å². The molecule has 18 aromatic rings. The first kappa shape index (κ1) is 58.1. The van der Waals surface area contributed by atoms with Crippen LogP contribution in [0.4, 0.5) is 34.1 Å². The number of hydrogen-bond acceptors (Lipinski definition) is 6. The van der Waals surface area contributed by atoms with Crippen LogP contribution in [0.2, 0.25) is 0 Å². The van der Waals surface area contributed by atoms with Crippen molar-refractivity contribution >= 4 is 78.0 Å². The van der Waals surface area contributed by atoms with Crippen molar-refractivity contribution in [3.63, 3.8) is 0 Å². The van der Waals surface area contributed by atoms with Gasteiger partial charge >= 0.3 is 0 Å². The second-order valence-corrected chi connectivity index (χ2v) is 27.6. The van der Waals surface area contributed by atoms with Crippen molar-refractivity contribution in [1.29, 1.82) is 0 Å². The fourth-order valence-corrected chi connectivity index (χ4v) is 18.2. The summed E-state index contributed by atoms with van der Waals surface area (Å²) in [6.45, 7) is 0. The third-order valence-corrected chi connectivity index (χ3v) is 22.4. The molecule has 0 saturated carbocycles. The molecule has 2 aromatic heterocycles. The van der Waals surface area contributed by atoms with Gasteiger partial charge in [-0.3, -0.25) is 0 Å². The van der Waals surface area contributed by atoms with Crippen LogP contribution in [0.3, 0.4) is 0 Å². The standard InChI is InChI=1S/C98H60N2O4/c1-4-27-61(28-5-1)68-56-57-83(100(66-33-8-3-9-34-66)84-48-26-46-81-95(84)103-89-52-23-19-44-79(89)97(81)74-39-14-10-35-69(74)70-36-11-15-40-75(70)97)93-73-54-53-63(60-90(73)104-94(68)93)62-29-24-30-64(59-62)67-55-58-85(96-91(67)72-38-13-20-49-86(72)102-96)99(65-31-6-2-7-32-65)82-47-25-45-80-92(82)71-37-12-16-41-76(71)98(80)77-42-17-21-50-87(77)101-88-51-22-18-43-78(88)98/h1-60H. The van der Waals surface area contributed by atoms with Gasteiger partial charge in [0.05, 0.1) is 39.0 Å². The van der Waals surface area contributed by atoms with Gasteiger partial charge < -0.3 is 28.1 Å². The van der Waals surface area contributed by atoms with Gasteiger partial charge in [-0.2, -0.15) is 0 Å². The third-order valence-electron chi connectivity index (χ3n) is 22.4. The van der Waals surface area contributed by atoms with Crippen molar-refractivity contribution in [3.8, 4) is 78.6 Å². The van der Waals surface area contributed by atoms with Crippen LogP contribution in [-0.2, 0) is 10.8 Å². The van der Waals surface area contributed by atoms with E-state index in [1.807, 2.05) is 0 Å². The lowest BCUT2D eigenvalue weighted by Crippen LogP contribution is -2.32. The minimum absolute atomic E-state index is 0.652. The zero-order valence-corrected chi connectivity index (χ0v) is 56.2. The molecule has 104 heavy (non-hydrogen) atoms. The number of ether oxygens (including phenoxy) is 2. The van der Waals surface area contributed by atoms with Crippen LogP contribution in [0.1, 0.15) is 44.5 Å². The lowest BCUT2D eigenvalue weighted by atomic mass is 9.66. The Morgan fingerprint density at radius 3 is 1.38 bits per heavy atom. The van der Waals surface area contributed by atoms with Gasteiger partial charge in [-0.25, -0.2) is 0 Å². The molecule has 0 saturated heterocycles. The Labute approximate surface area is 600 Å². The molecule has 0 amide bonds. The minimum atomic E-state index is -0.653.